The standard InChI is InChI=1S/C13H14N2O4/c16-11(17)7-14-12(18)8-1-3-9(4-2-8)13(19)15-10-5-6-10/h1-4,10H,5-7H2,(H,14,18)(H,15,19)(H,16,17). The lowest BCUT2D eigenvalue weighted by Gasteiger charge is -2.05. The first-order valence-corrected chi connectivity index (χ1v) is 5.97. The summed E-state index contributed by atoms with van der Waals surface area (Å²) in [6, 6.07) is 6.38. The Balaban J connectivity index is 1.94. The zero-order chi connectivity index (χ0) is 13.8. The molecule has 100 valence electrons. The van der Waals surface area contributed by atoms with Crippen molar-refractivity contribution >= 4 is 17.8 Å². The third kappa shape index (κ3) is 3.80. The van der Waals surface area contributed by atoms with Gasteiger partial charge in [0.25, 0.3) is 11.8 Å². The van der Waals surface area contributed by atoms with Crippen molar-refractivity contribution in [2.75, 3.05) is 6.54 Å². The van der Waals surface area contributed by atoms with Crippen molar-refractivity contribution in [2.45, 2.75) is 18.9 Å². The highest BCUT2D eigenvalue weighted by Crippen LogP contribution is 2.19. The van der Waals surface area contributed by atoms with Crippen molar-refractivity contribution in [3.63, 3.8) is 0 Å². The van der Waals surface area contributed by atoms with Crippen LogP contribution in [0.25, 0.3) is 0 Å². The first-order chi connectivity index (χ1) is 9.06. The number of hydrogen-bond donors (Lipinski definition) is 3. The number of carboxylic acid groups (broad SMARTS) is 1. The molecular weight excluding hydrogens is 248 g/mol. The number of hydrogen-bond acceptors (Lipinski definition) is 3. The monoisotopic (exact) mass is 262 g/mol. The molecule has 0 heterocycles. The van der Waals surface area contributed by atoms with Crippen molar-refractivity contribution in [3.8, 4) is 0 Å². The van der Waals surface area contributed by atoms with Crippen molar-refractivity contribution in [1.82, 2.24) is 10.6 Å². The van der Waals surface area contributed by atoms with Crippen molar-refractivity contribution < 1.29 is 19.5 Å². The number of carbonyl (C=O) groups excluding carboxylic acids is 2. The predicted molar refractivity (Wildman–Crippen MR) is 66.9 cm³/mol. The van der Waals surface area contributed by atoms with E-state index in [4.69, 9.17) is 5.11 Å². The second-order valence-corrected chi connectivity index (χ2v) is 4.40. The molecule has 0 saturated heterocycles. The third-order valence-electron chi connectivity index (χ3n) is 2.72. The summed E-state index contributed by atoms with van der Waals surface area (Å²) in [5, 5.41) is 13.5. The molecule has 1 saturated carbocycles. The molecule has 1 aliphatic rings. The number of carbonyl (C=O) groups is 3. The van der Waals surface area contributed by atoms with E-state index < -0.39 is 18.4 Å². The molecule has 19 heavy (non-hydrogen) atoms. The fourth-order valence-electron chi connectivity index (χ4n) is 1.53. The number of rotatable bonds is 5. The number of aliphatic carboxylic acids is 1. The molecule has 0 bridgehead atoms. The van der Waals surface area contributed by atoms with Gasteiger partial charge in [0, 0.05) is 17.2 Å². The maximum absolute atomic E-state index is 11.7. The predicted octanol–water partition coefficient (Wildman–Crippen LogP) is 0.393. The van der Waals surface area contributed by atoms with E-state index in [1.54, 1.807) is 12.1 Å². The average molecular weight is 262 g/mol. The minimum Gasteiger partial charge on any atom is -0.480 e. The molecule has 0 aromatic heterocycles. The molecule has 0 radical (unpaired) electrons. The van der Waals surface area contributed by atoms with Crippen LogP contribution in [0.1, 0.15) is 33.6 Å². The lowest BCUT2D eigenvalue weighted by Crippen LogP contribution is -2.29. The van der Waals surface area contributed by atoms with Gasteiger partial charge in [-0.1, -0.05) is 0 Å². The van der Waals surface area contributed by atoms with E-state index in [1.165, 1.54) is 12.1 Å². The summed E-state index contributed by atoms with van der Waals surface area (Å²) in [4.78, 5) is 33.6. The lowest BCUT2D eigenvalue weighted by molar-refractivity contribution is -0.135. The molecule has 0 atom stereocenters. The van der Waals surface area contributed by atoms with E-state index in [1.807, 2.05) is 0 Å². The molecule has 0 aliphatic heterocycles. The molecule has 1 aromatic carbocycles. The SMILES string of the molecule is O=C(O)CNC(=O)c1ccc(C(=O)NC2CC2)cc1. The van der Waals surface area contributed by atoms with E-state index in [2.05, 4.69) is 10.6 Å². The molecule has 1 aliphatic carbocycles. The minimum atomic E-state index is -1.10. The maximum atomic E-state index is 11.7. The fourth-order valence-corrected chi connectivity index (χ4v) is 1.53. The Morgan fingerprint density at radius 3 is 2.05 bits per heavy atom. The summed E-state index contributed by atoms with van der Waals surface area (Å²) in [6.07, 6.45) is 2.03. The van der Waals surface area contributed by atoms with Gasteiger partial charge in [-0.3, -0.25) is 14.4 Å². The van der Waals surface area contributed by atoms with Gasteiger partial charge >= 0.3 is 5.97 Å². The Hall–Kier alpha value is -2.37. The minimum absolute atomic E-state index is 0.153. The van der Waals surface area contributed by atoms with Gasteiger partial charge in [0.05, 0.1) is 0 Å². The van der Waals surface area contributed by atoms with E-state index in [0.717, 1.165) is 12.8 Å². The van der Waals surface area contributed by atoms with Gasteiger partial charge in [0.1, 0.15) is 6.54 Å². The number of carboxylic acids is 1. The highest BCUT2D eigenvalue weighted by atomic mass is 16.4. The number of benzene rings is 1. The Labute approximate surface area is 109 Å². The maximum Gasteiger partial charge on any atom is 0.322 e. The van der Waals surface area contributed by atoms with E-state index in [0.29, 0.717) is 11.1 Å². The summed E-state index contributed by atoms with van der Waals surface area (Å²) in [5.41, 5.74) is 0.811. The van der Waals surface area contributed by atoms with Crippen LogP contribution < -0.4 is 10.6 Å². The number of amides is 2. The normalized spacial score (nSPS) is 13.7. The van der Waals surface area contributed by atoms with Crippen LogP contribution in [0, 0.1) is 0 Å². The first kappa shape index (κ1) is 13.1. The second-order valence-electron chi connectivity index (χ2n) is 4.40. The number of nitrogens with one attached hydrogen (secondary N) is 2. The van der Waals surface area contributed by atoms with Crippen LogP contribution in [0.15, 0.2) is 24.3 Å². The van der Waals surface area contributed by atoms with E-state index in [-0.39, 0.29) is 11.9 Å². The molecule has 6 nitrogen and oxygen atoms in total. The third-order valence-corrected chi connectivity index (χ3v) is 2.72. The zero-order valence-corrected chi connectivity index (χ0v) is 10.2. The smallest absolute Gasteiger partial charge is 0.322 e. The van der Waals surface area contributed by atoms with Crippen molar-refractivity contribution in [1.29, 1.82) is 0 Å². The van der Waals surface area contributed by atoms with Gasteiger partial charge in [-0.15, -0.1) is 0 Å². The Bertz CT molecular complexity index is 506. The van der Waals surface area contributed by atoms with Crippen LogP contribution in [-0.4, -0.2) is 35.5 Å². The lowest BCUT2D eigenvalue weighted by atomic mass is 10.1. The Kier molecular flexibility index (Phi) is 3.79. The van der Waals surface area contributed by atoms with Gasteiger partial charge in [-0.2, -0.15) is 0 Å². The summed E-state index contributed by atoms with van der Waals surface area (Å²) < 4.78 is 0. The van der Waals surface area contributed by atoms with Gasteiger partial charge in [-0.05, 0) is 37.1 Å². The quantitative estimate of drug-likeness (QED) is 0.715. The highest BCUT2D eigenvalue weighted by Gasteiger charge is 2.23. The first-order valence-electron chi connectivity index (χ1n) is 5.97. The van der Waals surface area contributed by atoms with Gasteiger partial charge in [-0.25, -0.2) is 0 Å². The van der Waals surface area contributed by atoms with E-state index in [9.17, 15) is 14.4 Å². The second kappa shape index (κ2) is 5.51. The van der Waals surface area contributed by atoms with Crippen LogP contribution in [0.3, 0.4) is 0 Å². The largest absolute Gasteiger partial charge is 0.480 e. The Morgan fingerprint density at radius 1 is 1.05 bits per heavy atom. The summed E-state index contributed by atoms with van der Waals surface area (Å²) >= 11 is 0. The van der Waals surface area contributed by atoms with Crippen LogP contribution in [0.2, 0.25) is 0 Å². The van der Waals surface area contributed by atoms with Crippen LogP contribution in [0.4, 0.5) is 0 Å². The summed E-state index contributed by atoms with van der Waals surface area (Å²) in [6.45, 7) is -0.428. The van der Waals surface area contributed by atoms with Crippen LogP contribution in [0.5, 0.6) is 0 Å². The summed E-state index contributed by atoms with van der Waals surface area (Å²) in [5.74, 6) is -1.73. The molecule has 0 spiro atoms. The van der Waals surface area contributed by atoms with Crippen molar-refractivity contribution in [2.24, 2.45) is 0 Å². The molecule has 3 N–H and O–H groups in total. The molecule has 2 amide bonds. The van der Waals surface area contributed by atoms with Gasteiger partial charge < -0.3 is 15.7 Å². The molecule has 1 fully saturated rings. The average Bonchev–Trinajstić information content (AvgIpc) is 3.20. The molecule has 1 aromatic rings. The Morgan fingerprint density at radius 2 is 1.58 bits per heavy atom. The van der Waals surface area contributed by atoms with Gasteiger partial charge in [0.15, 0.2) is 0 Å². The van der Waals surface area contributed by atoms with Crippen LogP contribution >= 0.6 is 0 Å². The molecular formula is C13H14N2O4. The summed E-state index contributed by atoms with van der Waals surface area (Å²) in [7, 11) is 0. The molecule has 0 unspecified atom stereocenters. The van der Waals surface area contributed by atoms with Gasteiger partial charge in [0.2, 0.25) is 0 Å². The molecule has 2 rings (SSSR count). The highest BCUT2D eigenvalue weighted by molar-refractivity contribution is 5.98. The zero-order valence-electron chi connectivity index (χ0n) is 10.2. The topological polar surface area (TPSA) is 95.5 Å². The van der Waals surface area contributed by atoms with Crippen molar-refractivity contribution in [3.05, 3.63) is 35.4 Å². The molecule has 6 heteroatoms. The van der Waals surface area contributed by atoms with E-state index >= 15 is 0 Å². The van der Waals surface area contributed by atoms with Crippen LogP contribution in [-0.2, 0) is 4.79 Å². The fraction of sp³-hybridized carbons (Fsp3) is 0.308.